The molecule has 0 radical (unpaired) electrons. The molecular formula is C24H29N3O5S. The van der Waals surface area contributed by atoms with Crippen molar-refractivity contribution in [3.8, 4) is 5.75 Å². The molecule has 0 unspecified atom stereocenters. The summed E-state index contributed by atoms with van der Waals surface area (Å²) in [5, 5.41) is 10.1. The van der Waals surface area contributed by atoms with Crippen molar-refractivity contribution in [1.29, 1.82) is 0 Å². The molecule has 1 amide bonds. The topological polar surface area (TPSA) is 92.2 Å². The Labute approximate surface area is 197 Å². The lowest BCUT2D eigenvalue weighted by molar-refractivity contribution is -0.138. The number of carboxylic acid groups (broad SMARTS) is 1. The first-order valence-corrected chi connectivity index (χ1v) is 11.6. The van der Waals surface area contributed by atoms with Crippen LogP contribution < -0.4 is 9.64 Å². The van der Waals surface area contributed by atoms with Gasteiger partial charge in [0.05, 0.1) is 23.4 Å². The van der Waals surface area contributed by atoms with Crippen LogP contribution in [0, 0.1) is 5.92 Å². The third-order valence-corrected chi connectivity index (χ3v) is 5.88. The number of amides is 1. The summed E-state index contributed by atoms with van der Waals surface area (Å²) in [5.74, 6) is -0.219. The molecule has 0 atom stereocenters. The smallest absolute Gasteiger partial charge is 0.410 e. The molecule has 8 nitrogen and oxygen atoms in total. The Morgan fingerprint density at radius 3 is 2.52 bits per heavy atom. The summed E-state index contributed by atoms with van der Waals surface area (Å²) >= 11 is 1.65. The van der Waals surface area contributed by atoms with Gasteiger partial charge in [-0.3, -0.25) is 9.69 Å². The van der Waals surface area contributed by atoms with Gasteiger partial charge in [0.1, 0.15) is 18.9 Å². The number of carboxylic acids is 1. The second kappa shape index (κ2) is 11.5. The lowest BCUT2D eigenvalue weighted by Gasteiger charge is -2.21. The van der Waals surface area contributed by atoms with Crippen molar-refractivity contribution in [2.24, 2.45) is 5.92 Å². The molecule has 9 heteroatoms. The summed E-state index contributed by atoms with van der Waals surface area (Å²) in [6.07, 6.45) is -0.635. The van der Waals surface area contributed by atoms with Gasteiger partial charge in [-0.25, -0.2) is 9.78 Å². The van der Waals surface area contributed by atoms with Crippen LogP contribution >= 0.6 is 11.3 Å². The predicted octanol–water partition coefficient (Wildman–Crippen LogP) is 4.49. The molecule has 0 saturated heterocycles. The van der Waals surface area contributed by atoms with E-state index in [2.05, 4.69) is 16.0 Å². The third kappa shape index (κ3) is 7.35. The number of hydrogen-bond acceptors (Lipinski definition) is 7. The number of fused-ring (bicyclic) bond motifs is 1. The summed E-state index contributed by atoms with van der Waals surface area (Å²) in [7, 11) is 1.99. The summed E-state index contributed by atoms with van der Waals surface area (Å²) in [4.78, 5) is 31.3. The zero-order chi connectivity index (χ0) is 23.8. The molecule has 1 aromatic heterocycles. The molecule has 3 rings (SSSR count). The van der Waals surface area contributed by atoms with E-state index in [1.54, 1.807) is 11.3 Å². The fourth-order valence-electron chi connectivity index (χ4n) is 3.01. The number of aliphatic carboxylic acids is 1. The van der Waals surface area contributed by atoms with E-state index in [0.717, 1.165) is 20.9 Å². The number of thiazole rings is 1. The van der Waals surface area contributed by atoms with E-state index in [0.29, 0.717) is 18.9 Å². The Balaban J connectivity index is 1.50. The molecule has 33 heavy (non-hydrogen) atoms. The highest BCUT2D eigenvalue weighted by molar-refractivity contribution is 7.22. The Hall–Kier alpha value is -3.33. The maximum Gasteiger partial charge on any atom is 0.410 e. The number of carbonyl (C=O) groups is 2. The standard InChI is InChI=1S/C24H29N3O5S/c1-17(2)16-32-24(30)27(15-22(28)29)14-18-8-10-19(11-9-18)31-13-12-26(3)23-25-20-6-4-5-7-21(20)33-23/h4-11,17H,12-16H2,1-3H3,(H,28,29). The first kappa shape index (κ1) is 24.3. The molecule has 0 bridgehead atoms. The second-order valence-electron chi connectivity index (χ2n) is 8.10. The molecule has 1 N–H and O–H groups in total. The molecule has 2 aromatic carbocycles. The average Bonchev–Trinajstić information content (AvgIpc) is 3.22. The first-order valence-electron chi connectivity index (χ1n) is 10.7. The van der Waals surface area contributed by atoms with Gasteiger partial charge < -0.3 is 19.5 Å². The molecule has 0 aliphatic carbocycles. The zero-order valence-corrected chi connectivity index (χ0v) is 19.9. The van der Waals surface area contributed by atoms with Crippen LogP contribution in [0.4, 0.5) is 9.93 Å². The number of carbonyl (C=O) groups excluding carboxylic acids is 1. The Bertz CT molecular complexity index is 1030. The van der Waals surface area contributed by atoms with Gasteiger partial charge in [-0.05, 0) is 35.7 Å². The van der Waals surface area contributed by atoms with Crippen LogP contribution in [0.5, 0.6) is 5.75 Å². The highest BCUT2D eigenvalue weighted by Gasteiger charge is 2.19. The SMILES string of the molecule is CC(C)COC(=O)N(CC(=O)O)Cc1ccc(OCCN(C)c2nc3ccccc3s2)cc1. The lowest BCUT2D eigenvalue weighted by atomic mass is 10.2. The normalized spacial score (nSPS) is 10.9. The van der Waals surface area contributed by atoms with Crippen LogP contribution in [0.1, 0.15) is 19.4 Å². The van der Waals surface area contributed by atoms with Gasteiger partial charge in [0, 0.05) is 13.6 Å². The summed E-state index contributed by atoms with van der Waals surface area (Å²) in [6, 6.07) is 15.3. The molecule has 176 valence electrons. The molecule has 0 aliphatic rings. The average molecular weight is 472 g/mol. The van der Waals surface area contributed by atoms with Crippen molar-refractivity contribution >= 4 is 38.7 Å². The van der Waals surface area contributed by atoms with Gasteiger partial charge in [0.15, 0.2) is 5.13 Å². The molecule has 0 fully saturated rings. The quantitative estimate of drug-likeness (QED) is 0.440. The maximum atomic E-state index is 12.2. The van der Waals surface area contributed by atoms with Crippen LogP contribution in [0.25, 0.3) is 10.2 Å². The summed E-state index contributed by atoms with van der Waals surface area (Å²) in [6.45, 7) is 4.97. The van der Waals surface area contributed by atoms with Crippen molar-refractivity contribution in [3.05, 3.63) is 54.1 Å². The fraction of sp³-hybridized carbons (Fsp3) is 0.375. The van der Waals surface area contributed by atoms with Crippen LogP contribution in [0.15, 0.2) is 48.5 Å². The summed E-state index contributed by atoms with van der Waals surface area (Å²) in [5.41, 5.74) is 1.78. The predicted molar refractivity (Wildman–Crippen MR) is 129 cm³/mol. The van der Waals surface area contributed by atoms with Crippen molar-refractivity contribution in [2.45, 2.75) is 20.4 Å². The zero-order valence-electron chi connectivity index (χ0n) is 19.1. The third-order valence-electron chi connectivity index (χ3n) is 4.73. The van der Waals surface area contributed by atoms with E-state index in [9.17, 15) is 9.59 Å². The van der Waals surface area contributed by atoms with E-state index >= 15 is 0 Å². The minimum Gasteiger partial charge on any atom is -0.492 e. The highest BCUT2D eigenvalue weighted by Crippen LogP contribution is 2.27. The van der Waals surface area contributed by atoms with Crippen LogP contribution in [0.2, 0.25) is 0 Å². The number of benzene rings is 2. The Morgan fingerprint density at radius 2 is 1.85 bits per heavy atom. The fourth-order valence-corrected chi connectivity index (χ4v) is 3.96. The van der Waals surface area contributed by atoms with E-state index < -0.39 is 18.6 Å². The van der Waals surface area contributed by atoms with Crippen LogP contribution in [-0.2, 0) is 16.1 Å². The number of para-hydroxylation sites is 1. The lowest BCUT2D eigenvalue weighted by Crippen LogP contribution is -2.36. The van der Waals surface area contributed by atoms with Gasteiger partial charge in [-0.2, -0.15) is 0 Å². The Kier molecular flexibility index (Phi) is 8.48. The molecule has 0 saturated carbocycles. The number of likely N-dealkylation sites (N-methyl/N-ethyl adjacent to an activating group) is 1. The van der Waals surface area contributed by atoms with Crippen LogP contribution in [-0.4, -0.2) is 60.4 Å². The summed E-state index contributed by atoms with van der Waals surface area (Å²) < 4.78 is 12.2. The highest BCUT2D eigenvalue weighted by atomic mass is 32.1. The van der Waals surface area contributed by atoms with E-state index in [1.807, 2.05) is 63.4 Å². The maximum absolute atomic E-state index is 12.2. The number of hydrogen-bond donors (Lipinski definition) is 1. The van der Waals surface area contributed by atoms with E-state index in [-0.39, 0.29) is 19.1 Å². The number of nitrogens with zero attached hydrogens (tertiary/aromatic N) is 3. The monoisotopic (exact) mass is 471 g/mol. The van der Waals surface area contributed by atoms with E-state index in [1.165, 1.54) is 4.90 Å². The van der Waals surface area contributed by atoms with Gasteiger partial charge in [-0.15, -0.1) is 0 Å². The van der Waals surface area contributed by atoms with E-state index in [4.69, 9.17) is 14.6 Å². The molecule has 0 aliphatic heterocycles. The van der Waals surface area contributed by atoms with Crippen molar-refractivity contribution in [2.75, 3.05) is 38.3 Å². The first-order chi connectivity index (χ1) is 15.8. The largest absolute Gasteiger partial charge is 0.492 e. The Morgan fingerprint density at radius 1 is 1.12 bits per heavy atom. The number of anilines is 1. The minimum absolute atomic E-state index is 0.143. The molecule has 1 heterocycles. The second-order valence-corrected chi connectivity index (χ2v) is 9.11. The van der Waals surface area contributed by atoms with Gasteiger partial charge >= 0.3 is 12.1 Å². The van der Waals surface area contributed by atoms with Crippen LogP contribution in [0.3, 0.4) is 0 Å². The van der Waals surface area contributed by atoms with Crippen molar-refractivity contribution in [3.63, 3.8) is 0 Å². The van der Waals surface area contributed by atoms with Gasteiger partial charge in [0.2, 0.25) is 0 Å². The van der Waals surface area contributed by atoms with Gasteiger partial charge in [0.25, 0.3) is 0 Å². The molecular weight excluding hydrogens is 442 g/mol. The number of aromatic nitrogens is 1. The number of ether oxygens (including phenoxy) is 2. The van der Waals surface area contributed by atoms with Crippen molar-refractivity contribution in [1.82, 2.24) is 9.88 Å². The minimum atomic E-state index is -1.09. The molecule has 3 aromatic rings. The van der Waals surface area contributed by atoms with Crippen molar-refractivity contribution < 1.29 is 24.2 Å². The molecule has 0 spiro atoms. The number of rotatable bonds is 11. The van der Waals surface area contributed by atoms with Gasteiger partial charge in [-0.1, -0.05) is 49.4 Å².